The summed E-state index contributed by atoms with van der Waals surface area (Å²) in [7, 11) is 0. The van der Waals surface area contributed by atoms with E-state index in [1.165, 1.54) is 24.3 Å². The first-order valence-electron chi connectivity index (χ1n) is 7.07. The molecule has 0 fully saturated rings. The quantitative estimate of drug-likeness (QED) is 0.536. The largest absolute Gasteiger partial charge is 0.272 e. The van der Waals surface area contributed by atoms with E-state index in [1.54, 1.807) is 25.1 Å². The van der Waals surface area contributed by atoms with E-state index in [9.17, 15) is 14.9 Å². The van der Waals surface area contributed by atoms with Gasteiger partial charge in [0.05, 0.1) is 16.3 Å². The minimum Gasteiger partial charge on any atom is -0.267 e. The summed E-state index contributed by atoms with van der Waals surface area (Å²) in [5, 5.41) is 15.8. The number of nitro benzene ring substituents is 1. The molecule has 6 nitrogen and oxygen atoms in total. The normalized spacial score (nSPS) is 10.6. The van der Waals surface area contributed by atoms with Crippen LogP contribution in [0.15, 0.2) is 59.4 Å². The number of non-ortho nitro benzene ring substituents is 1. The third-order valence-electron chi connectivity index (χ3n) is 3.56. The summed E-state index contributed by atoms with van der Waals surface area (Å²) in [6.07, 6.45) is 0. The SMILES string of the molecule is Cc1nn(-c2cccc([N+](=O)[O-])c2)c(=O)cc1-c1ccc(Cl)cc1. The number of hydrogen-bond acceptors (Lipinski definition) is 4. The Balaban J connectivity index is 2.11. The zero-order valence-electron chi connectivity index (χ0n) is 12.6. The second-order valence-corrected chi connectivity index (χ2v) is 5.61. The second kappa shape index (κ2) is 6.25. The lowest BCUT2D eigenvalue weighted by Crippen LogP contribution is -2.21. The minimum atomic E-state index is -0.510. The molecule has 0 spiro atoms. The maximum absolute atomic E-state index is 12.4. The average Bonchev–Trinajstić information content (AvgIpc) is 2.57. The number of nitro groups is 1. The fourth-order valence-corrected chi connectivity index (χ4v) is 2.51. The molecule has 0 aliphatic carbocycles. The number of hydrogen-bond donors (Lipinski definition) is 0. The first-order valence-corrected chi connectivity index (χ1v) is 7.45. The Bertz CT molecular complexity index is 981. The minimum absolute atomic E-state index is 0.0966. The summed E-state index contributed by atoms with van der Waals surface area (Å²) in [5.74, 6) is 0. The monoisotopic (exact) mass is 341 g/mol. The molecule has 0 N–H and O–H groups in total. The molecule has 0 radical (unpaired) electrons. The summed E-state index contributed by atoms with van der Waals surface area (Å²) < 4.78 is 1.15. The van der Waals surface area contributed by atoms with E-state index in [2.05, 4.69) is 5.10 Å². The molecule has 24 heavy (non-hydrogen) atoms. The van der Waals surface area contributed by atoms with Crippen molar-refractivity contribution in [2.75, 3.05) is 0 Å². The highest BCUT2D eigenvalue weighted by molar-refractivity contribution is 6.30. The molecule has 2 aromatic carbocycles. The molecule has 3 aromatic rings. The van der Waals surface area contributed by atoms with E-state index >= 15 is 0 Å². The van der Waals surface area contributed by atoms with Crippen molar-refractivity contribution in [3.05, 3.63) is 85.8 Å². The second-order valence-electron chi connectivity index (χ2n) is 5.18. The van der Waals surface area contributed by atoms with Gasteiger partial charge in [-0.3, -0.25) is 14.9 Å². The summed E-state index contributed by atoms with van der Waals surface area (Å²) in [6.45, 7) is 1.78. The van der Waals surface area contributed by atoms with Crippen LogP contribution in [0.3, 0.4) is 0 Å². The molecule has 0 amide bonds. The van der Waals surface area contributed by atoms with Crippen LogP contribution in [0.4, 0.5) is 5.69 Å². The van der Waals surface area contributed by atoms with Crippen LogP contribution < -0.4 is 5.56 Å². The van der Waals surface area contributed by atoms with E-state index in [0.717, 1.165) is 10.2 Å². The van der Waals surface area contributed by atoms with Gasteiger partial charge in [-0.05, 0) is 30.7 Å². The van der Waals surface area contributed by atoms with Crippen molar-refractivity contribution in [2.24, 2.45) is 0 Å². The van der Waals surface area contributed by atoms with Crippen LogP contribution in [0.2, 0.25) is 5.02 Å². The number of halogens is 1. The molecule has 1 heterocycles. The Morgan fingerprint density at radius 3 is 2.50 bits per heavy atom. The van der Waals surface area contributed by atoms with Crippen LogP contribution in [0.5, 0.6) is 0 Å². The summed E-state index contributed by atoms with van der Waals surface area (Å²) in [4.78, 5) is 22.8. The molecule has 120 valence electrons. The third-order valence-corrected chi connectivity index (χ3v) is 3.81. The molecule has 0 unspecified atom stereocenters. The maximum Gasteiger partial charge on any atom is 0.272 e. The van der Waals surface area contributed by atoms with Gasteiger partial charge in [-0.15, -0.1) is 0 Å². The molecule has 3 rings (SSSR count). The molecule has 0 atom stereocenters. The van der Waals surface area contributed by atoms with Crippen LogP contribution in [-0.2, 0) is 0 Å². The van der Waals surface area contributed by atoms with Gasteiger partial charge in [0, 0.05) is 28.8 Å². The molecule has 0 saturated heterocycles. The first kappa shape index (κ1) is 15.9. The van der Waals surface area contributed by atoms with Crippen molar-refractivity contribution >= 4 is 17.3 Å². The summed E-state index contributed by atoms with van der Waals surface area (Å²) >= 11 is 5.88. The van der Waals surface area contributed by atoms with E-state index in [4.69, 9.17) is 11.6 Å². The molecule has 7 heteroatoms. The first-order chi connectivity index (χ1) is 11.5. The van der Waals surface area contributed by atoms with Gasteiger partial charge in [0.25, 0.3) is 11.2 Å². The molecule has 0 aliphatic heterocycles. The Labute approximate surface area is 142 Å². The Morgan fingerprint density at radius 1 is 1.12 bits per heavy atom. The zero-order chi connectivity index (χ0) is 17.3. The molecular weight excluding hydrogens is 330 g/mol. The smallest absolute Gasteiger partial charge is 0.267 e. The van der Waals surface area contributed by atoms with Gasteiger partial charge in [-0.2, -0.15) is 9.78 Å². The summed E-state index contributed by atoms with van der Waals surface area (Å²) in [5.41, 5.74) is 2.03. The van der Waals surface area contributed by atoms with E-state index in [0.29, 0.717) is 22.0 Å². The highest BCUT2D eigenvalue weighted by atomic mass is 35.5. The number of rotatable bonds is 3. The average molecular weight is 342 g/mol. The van der Waals surface area contributed by atoms with Gasteiger partial charge in [0.15, 0.2) is 0 Å². The molecular formula is C17H12ClN3O3. The standard InChI is InChI=1S/C17H12ClN3O3/c1-11-16(12-5-7-13(18)8-6-12)10-17(22)20(19-11)14-3-2-4-15(9-14)21(23)24/h2-10H,1H3. The lowest BCUT2D eigenvalue weighted by Gasteiger charge is -2.09. The van der Waals surface area contributed by atoms with Crippen LogP contribution in [0, 0.1) is 17.0 Å². The van der Waals surface area contributed by atoms with Crippen molar-refractivity contribution in [3.63, 3.8) is 0 Å². The molecule has 0 aliphatic rings. The lowest BCUT2D eigenvalue weighted by atomic mass is 10.1. The van der Waals surface area contributed by atoms with Gasteiger partial charge in [0.1, 0.15) is 0 Å². The predicted octanol–water partition coefficient (Wildman–Crippen LogP) is 3.77. The Morgan fingerprint density at radius 2 is 1.83 bits per heavy atom. The van der Waals surface area contributed by atoms with Gasteiger partial charge in [0.2, 0.25) is 0 Å². The van der Waals surface area contributed by atoms with E-state index in [-0.39, 0.29) is 11.2 Å². The lowest BCUT2D eigenvalue weighted by molar-refractivity contribution is -0.384. The van der Waals surface area contributed by atoms with Gasteiger partial charge >= 0.3 is 0 Å². The number of nitrogens with zero attached hydrogens (tertiary/aromatic N) is 3. The Hall–Kier alpha value is -2.99. The van der Waals surface area contributed by atoms with Crippen molar-refractivity contribution in [1.82, 2.24) is 9.78 Å². The predicted molar refractivity (Wildman–Crippen MR) is 91.7 cm³/mol. The van der Waals surface area contributed by atoms with Crippen molar-refractivity contribution in [3.8, 4) is 16.8 Å². The van der Waals surface area contributed by atoms with E-state index < -0.39 is 4.92 Å². The van der Waals surface area contributed by atoms with Gasteiger partial charge in [-0.25, -0.2) is 0 Å². The highest BCUT2D eigenvalue weighted by Gasteiger charge is 2.12. The third kappa shape index (κ3) is 3.04. The van der Waals surface area contributed by atoms with Crippen LogP contribution in [0.1, 0.15) is 5.69 Å². The zero-order valence-corrected chi connectivity index (χ0v) is 13.4. The Kier molecular flexibility index (Phi) is 4.14. The summed E-state index contributed by atoms with van der Waals surface area (Å²) in [6, 6.07) is 14.4. The van der Waals surface area contributed by atoms with Crippen molar-refractivity contribution < 1.29 is 4.92 Å². The van der Waals surface area contributed by atoms with Crippen LogP contribution in [0.25, 0.3) is 16.8 Å². The van der Waals surface area contributed by atoms with Gasteiger partial charge < -0.3 is 0 Å². The topological polar surface area (TPSA) is 78.0 Å². The number of aryl methyl sites for hydroxylation is 1. The van der Waals surface area contributed by atoms with Crippen molar-refractivity contribution in [1.29, 1.82) is 0 Å². The fourth-order valence-electron chi connectivity index (χ4n) is 2.39. The maximum atomic E-state index is 12.4. The molecule has 0 saturated carbocycles. The van der Waals surface area contributed by atoms with E-state index in [1.807, 2.05) is 12.1 Å². The van der Waals surface area contributed by atoms with Gasteiger partial charge in [-0.1, -0.05) is 29.8 Å². The molecule has 1 aromatic heterocycles. The fraction of sp³-hybridized carbons (Fsp3) is 0.0588. The van der Waals surface area contributed by atoms with Crippen LogP contribution >= 0.6 is 11.6 Å². The highest BCUT2D eigenvalue weighted by Crippen LogP contribution is 2.23. The van der Waals surface area contributed by atoms with Crippen LogP contribution in [-0.4, -0.2) is 14.7 Å². The number of aromatic nitrogens is 2. The molecule has 0 bridgehead atoms. The van der Waals surface area contributed by atoms with Crippen molar-refractivity contribution in [2.45, 2.75) is 6.92 Å². The number of benzene rings is 2.